The normalized spacial score (nSPS) is 11.0. The Bertz CT molecular complexity index is 519. The van der Waals surface area contributed by atoms with Crippen molar-refractivity contribution in [2.45, 2.75) is 6.43 Å². The van der Waals surface area contributed by atoms with Gasteiger partial charge in [0.25, 0.3) is 6.43 Å². The molecule has 0 fully saturated rings. The molecule has 2 heterocycles. The molecule has 0 atom stereocenters. The first-order valence-corrected chi connectivity index (χ1v) is 5.30. The summed E-state index contributed by atoms with van der Waals surface area (Å²) in [6.45, 7) is 0. The summed E-state index contributed by atoms with van der Waals surface area (Å²) >= 11 is 1.15. The van der Waals surface area contributed by atoms with E-state index >= 15 is 0 Å². The third-order valence-electron chi connectivity index (χ3n) is 2.07. The van der Waals surface area contributed by atoms with Crippen molar-refractivity contribution in [1.29, 1.82) is 0 Å². The fourth-order valence-corrected chi connectivity index (χ4v) is 2.23. The van der Waals surface area contributed by atoms with E-state index in [4.69, 9.17) is 0 Å². The smallest absolute Gasteiger partial charge is 0.267 e. The van der Waals surface area contributed by atoms with E-state index in [2.05, 4.69) is 5.10 Å². The minimum Gasteiger partial charge on any atom is -0.297 e. The fourth-order valence-electron chi connectivity index (χ4n) is 1.40. The Kier molecular flexibility index (Phi) is 2.82. The SMILES string of the molecule is Cn1cc(C(F)F)c(-c2ccc(C=O)s2)n1. The second kappa shape index (κ2) is 4.13. The number of thiophene rings is 1. The number of rotatable bonds is 3. The summed E-state index contributed by atoms with van der Waals surface area (Å²) in [6.07, 6.45) is -0.579. The van der Waals surface area contributed by atoms with Gasteiger partial charge in [-0.25, -0.2) is 8.78 Å². The number of carbonyl (C=O) groups excluding carboxylic acids is 1. The second-order valence-corrected chi connectivity index (χ2v) is 4.34. The molecule has 0 amide bonds. The minimum atomic E-state index is -2.56. The fraction of sp³-hybridized carbons (Fsp3) is 0.200. The van der Waals surface area contributed by atoms with Crippen molar-refractivity contribution in [3.05, 3.63) is 28.8 Å². The first-order chi connectivity index (χ1) is 7.61. The van der Waals surface area contributed by atoms with E-state index in [0.29, 0.717) is 16.0 Å². The lowest BCUT2D eigenvalue weighted by Gasteiger charge is -1.96. The Morgan fingerprint density at radius 1 is 1.50 bits per heavy atom. The number of nitrogens with zero attached hydrogens (tertiary/aromatic N) is 2. The summed E-state index contributed by atoms with van der Waals surface area (Å²) in [7, 11) is 1.59. The number of halogens is 2. The number of alkyl halides is 2. The van der Waals surface area contributed by atoms with Gasteiger partial charge < -0.3 is 0 Å². The molecule has 2 aromatic heterocycles. The largest absolute Gasteiger partial charge is 0.297 e. The number of aromatic nitrogens is 2. The van der Waals surface area contributed by atoms with E-state index in [1.807, 2.05) is 0 Å². The highest BCUT2D eigenvalue weighted by atomic mass is 32.1. The Hall–Kier alpha value is -1.56. The number of aldehydes is 1. The number of hydrogen-bond acceptors (Lipinski definition) is 3. The van der Waals surface area contributed by atoms with Gasteiger partial charge in [-0.1, -0.05) is 0 Å². The quantitative estimate of drug-likeness (QED) is 0.776. The molecule has 6 heteroatoms. The first-order valence-electron chi connectivity index (χ1n) is 4.49. The molecule has 0 saturated carbocycles. The number of carbonyl (C=O) groups is 1. The van der Waals surface area contributed by atoms with E-state index in [-0.39, 0.29) is 11.3 Å². The number of hydrogen-bond donors (Lipinski definition) is 0. The Balaban J connectivity index is 2.50. The van der Waals surface area contributed by atoms with Crippen molar-refractivity contribution in [1.82, 2.24) is 9.78 Å². The molecular weight excluding hydrogens is 234 g/mol. The van der Waals surface area contributed by atoms with Gasteiger partial charge in [0, 0.05) is 13.2 Å². The van der Waals surface area contributed by atoms with Crippen LogP contribution in [0.5, 0.6) is 0 Å². The van der Waals surface area contributed by atoms with Gasteiger partial charge in [0.2, 0.25) is 0 Å². The van der Waals surface area contributed by atoms with Crippen molar-refractivity contribution in [2.75, 3.05) is 0 Å². The Morgan fingerprint density at radius 2 is 2.25 bits per heavy atom. The molecule has 2 aromatic rings. The lowest BCUT2D eigenvalue weighted by Crippen LogP contribution is -1.86. The van der Waals surface area contributed by atoms with Gasteiger partial charge in [0.15, 0.2) is 6.29 Å². The topological polar surface area (TPSA) is 34.9 Å². The summed E-state index contributed by atoms with van der Waals surface area (Å²) < 4.78 is 26.7. The van der Waals surface area contributed by atoms with Crippen LogP contribution in [0.15, 0.2) is 18.3 Å². The van der Waals surface area contributed by atoms with Crippen LogP contribution < -0.4 is 0 Å². The summed E-state index contributed by atoms with van der Waals surface area (Å²) in [4.78, 5) is 11.6. The van der Waals surface area contributed by atoms with E-state index in [1.54, 1.807) is 19.2 Å². The van der Waals surface area contributed by atoms with Gasteiger partial charge in [-0.05, 0) is 12.1 Å². The van der Waals surface area contributed by atoms with E-state index < -0.39 is 6.43 Å². The zero-order chi connectivity index (χ0) is 11.7. The highest BCUT2D eigenvalue weighted by Crippen LogP contribution is 2.33. The molecule has 0 aliphatic rings. The molecule has 0 aromatic carbocycles. The predicted molar refractivity (Wildman–Crippen MR) is 56.9 cm³/mol. The van der Waals surface area contributed by atoms with Crippen LogP contribution in [0.3, 0.4) is 0 Å². The van der Waals surface area contributed by atoms with Crippen molar-refractivity contribution in [3.63, 3.8) is 0 Å². The van der Waals surface area contributed by atoms with Gasteiger partial charge in [0.1, 0.15) is 5.69 Å². The molecule has 0 radical (unpaired) electrons. The molecule has 2 rings (SSSR count). The van der Waals surface area contributed by atoms with Gasteiger partial charge in [-0.3, -0.25) is 9.48 Å². The van der Waals surface area contributed by atoms with Crippen LogP contribution in [0.25, 0.3) is 10.6 Å². The highest BCUT2D eigenvalue weighted by molar-refractivity contribution is 7.17. The predicted octanol–water partition coefficient (Wildman–Crippen LogP) is 2.90. The molecule has 0 bridgehead atoms. The molecule has 16 heavy (non-hydrogen) atoms. The van der Waals surface area contributed by atoms with Crippen molar-refractivity contribution in [2.24, 2.45) is 7.05 Å². The summed E-state index contributed by atoms with van der Waals surface area (Å²) in [5.41, 5.74) is 0.136. The lowest BCUT2D eigenvalue weighted by atomic mass is 10.2. The molecule has 84 valence electrons. The van der Waals surface area contributed by atoms with Crippen LogP contribution in [-0.4, -0.2) is 16.1 Å². The zero-order valence-corrected chi connectivity index (χ0v) is 9.17. The van der Waals surface area contributed by atoms with Gasteiger partial charge >= 0.3 is 0 Å². The minimum absolute atomic E-state index is 0.109. The average Bonchev–Trinajstić information content (AvgIpc) is 2.82. The van der Waals surface area contributed by atoms with Crippen LogP contribution in [0.2, 0.25) is 0 Å². The molecule has 0 N–H and O–H groups in total. The monoisotopic (exact) mass is 242 g/mol. The molecule has 0 aliphatic carbocycles. The molecule has 3 nitrogen and oxygen atoms in total. The van der Waals surface area contributed by atoms with Crippen LogP contribution in [0.4, 0.5) is 8.78 Å². The van der Waals surface area contributed by atoms with Crippen molar-refractivity contribution < 1.29 is 13.6 Å². The average molecular weight is 242 g/mol. The number of aryl methyl sites for hydroxylation is 1. The summed E-state index contributed by atoms with van der Waals surface area (Å²) in [6, 6.07) is 3.22. The van der Waals surface area contributed by atoms with E-state index in [1.165, 1.54) is 10.9 Å². The second-order valence-electron chi connectivity index (χ2n) is 3.23. The van der Waals surface area contributed by atoms with Gasteiger partial charge in [0.05, 0.1) is 15.3 Å². The third kappa shape index (κ3) is 1.88. The molecule has 0 saturated heterocycles. The molecule has 0 unspecified atom stereocenters. The summed E-state index contributed by atoms with van der Waals surface area (Å²) in [5.74, 6) is 0. The molecular formula is C10H8F2N2OS. The maximum absolute atomic E-state index is 12.7. The van der Waals surface area contributed by atoms with Gasteiger partial charge in [-0.2, -0.15) is 5.10 Å². The van der Waals surface area contributed by atoms with Crippen LogP contribution >= 0.6 is 11.3 Å². The van der Waals surface area contributed by atoms with Crippen LogP contribution in [-0.2, 0) is 7.05 Å². The van der Waals surface area contributed by atoms with E-state index in [9.17, 15) is 13.6 Å². The van der Waals surface area contributed by atoms with E-state index in [0.717, 1.165) is 11.3 Å². The molecule has 0 spiro atoms. The summed E-state index contributed by atoms with van der Waals surface area (Å²) in [5, 5.41) is 3.98. The van der Waals surface area contributed by atoms with Gasteiger partial charge in [-0.15, -0.1) is 11.3 Å². The highest BCUT2D eigenvalue weighted by Gasteiger charge is 2.19. The third-order valence-corrected chi connectivity index (χ3v) is 3.09. The van der Waals surface area contributed by atoms with Crippen LogP contribution in [0, 0.1) is 0 Å². The standard InChI is InChI=1S/C10H8F2N2OS/c1-14-4-7(10(11)12)9(13-14)8-3-2-6(5-15)16-8/h2-5,10H,1H3. The van der Waals surface area contributed by atoms with Crippen molar-refractivity contribution in [3.8, 4) is 10.6 Å². The lowest BCUT2D eigenvalue weighted by molar-refractivity contribution is 0.112. The maximum atomic E-state index is 12.7. The van der Waals surface area contributed by atoms with Crippen LogP contribution in [0.1, 0.15) is 21.7 Å². The first kappa shape index (κ1) is 10.9. The Morgan fingerprint density at radius 3 is 2.81 bits per heavy atom. The zero-order valence-electron chi connectivity index (χ0n) is 8.35. The Labute approximate surface area is 94.3 Å². The molecule has 0 aliphatic heterocycles. The maximum Gasteiger partial charge on any atom is 0.267 e. The van der Waals surface area contributed by atoms with Crippen molar-refractivity contribution >= 4 is 17.6 Å².